The van der Waals surface area contributed by atoms with Crippen LogP contribution in [0.3, 0.4) is 0 Å². The highest BCUT2D eigenvalue weighted by Gasteiger charge is 2.43. The summed E-state index contributed by atoms with van der Waals surface area (Å²) >= 11 is 6.08. The fourth-order valence-corrected chi connectivity index (χ4v) is 3.37. The number of fused-ring (bicyclic) bond motifs is 2. The minimum Gasteiger partial charge on any atom is -0.397 e. The Labute approximate surface area is 120 Å². The van der Waals surface area contributed by atoms with E-state index in [0.717, 1.165) is 24.8 Å². The van der Waals surface area contributed by atoms with Crippen LogP contribution in [0, 0.1) is 0 Å². The number of aromatic nitrogens is 4. The first-order valence-corrected chi connectivity index (χ1v) is 7.09. The van der Waals surface area contributed by atoms with Crippen LogP contribution in [0.25, 0.3) is 11.4 Å². The van der Waals surface area contributed by atoms with Gasteiger partial charge >= 0.3 is 0 Å². The van der Waals surface area contributed by atoms with Gasteiger partial charge in [0.2, 0.25) is 0 Å². The van der Waals surface area contributed by atoms with E-state index >= 15 is 0 Å². The van der Waals surface area contributed by atoms with E-state index in [9.17, 15) is 0 Å². The van der Waals surface area contributed by atoms with Crippen LogP contribution in [0.5, 0.6) is 0 Å². The van der Waals surface area contributed by atoms with Gasteiger partial charge in [0.05, 0.1) is 29.0 Å². The van der Waals surface area contributed by atoms with Crippen LogP contribution < -0.4 is 5.73 Å². The fourth-order valence-electron chi connectivity index (χ4n) is 3.19. The molecular weight excluding hydrogens is 278 g/mol. The molecule has 20 heavy (non-hydrogen) atoms. The number of nitrogens with zero attached hydrogens (tertiary/aromatic N) is 4. The maximum Gasteiger partial charge on any atom is 0.184 e. The molecule has 0 saturated carbocycles. The third kappa shape index (κ3) is 1.72. The van der Waals surface area contributed by atoms with Crippen LogP contribution in [-0.4, -0.2) is 32.4 Å². The smallest absolute Gasteiger partial charge is 0.184 e. The minimum atomic E-state index is 0.192. The van der Waals surface area contributed by atoms with Crippen LogP contribution in [0.1, 0.15) is 25.3 Å². The maximum atomic E-state index is 6.08. The molecule has 4 rings (SSSR count). The average Bonchev–Trinajstić information content (AvgIpc) is 3.15. The third-order valence-electron chi connectivity index (χ3n) is 4.17. The molecule has 0 radical (unpaired) electrons. The number of rotatable bonds is 2. The van der Waals surface area contributed by atoms with Crippen molar-refractivity contribution in [2.24, 2.45) is 0 Å². The Morgan fingerprint density at radius 2 is 2.25 bits per heavy atom. The quantitative estimate of drug-likeness (QED) is 0.857. The SMILES string of the molecule is Nc1c(Cl)cccc1-c1nnnn1C1CC2CCC1O2. The fraction of sp³-hybridized carbons (Fsp3) is 0.462. The Hall–Kier alpha value is -1.66. The first-order chi connectivity index (χ1) is 9.74. The van der Waals surface area contributed by atoms with E-state index in [1.165, 1.54) is 0 Å². The number of para-hydroxylation sites is 1. The molecule has 0 amide bonds. The summed E-state index contributed by atoms with van der Waals surface area (Å²) in [6.45, 7) is 0. The molecule has 7 heteroatoms. The van der Waals surface area contributed by atoms with Gasteiger partial charge in [-0.3, -0.25) is 0 Å². The molecule has 2 aliphatic heterocycles. The van der Waals surface area contributed by atoms with E-state index in [-0.39, 0.29) is 12.1 Å². The second kappa shape index (κ2) is 4.43. The highest BCUT2D eigenvalue weighted by Crippen LogP contribution is 2.43. The molecule has 2 N–H and O–H groups in total. The molecule has 3 heterocycles. The molecule has 6 nitrogen and oxygen atoms in total. The molecule has 3 unspecified atom stereocenters. The monoisotopic (exact) mass is 291 g/mol. The lowest BCUT2D eigenvalue weighted by Crippen LogP contribution is -2.23. The van der Waals surface area contributed by atoms with Gasteiger partial charge in [0.1, 0.15) is 0 Å². The van der Waals surface area contributed by atoms with Gasteiger partial charge in [0.25, 0.3) is 0 Å². The van der Waals surface area contributed by atoms with Gasteiger partial charge in [0.15, 0.2) is 5.82 Å². The number of nitrogens with two attached hydrogens (primary N) is 1. The van der Waals surface area contributed by atoms with Crippen molar-refractivity contribution < 1.29 is 4.74 Å². The first-order valence-electron chi connectivity index (χ1n) is 6.71. The van der Waals surface area contributed by atoms with Gasteiger partial charge in [-0.25, -0.2) is 4.68 Å². The summed E-state index contributed by atoms with van der Waals surface area (Å²) in [5.41, 5.74) is 7.32. The zero-order valence-corrected chi connectivity index (χ0v) is 11.5. The van der Waals surface area contributed by atoms with Crippen molar-refractivity contribution in [3.63, 3.8) is 0 Å². The molecule has 0 spiro atoms. The summed E-state index contributed by atoms with van der Waals surface area (Å²) in [5.74, 6) is 0.658. The van der Waals surface area contributed by atoms with Crippen molar-refractivity contribution in [1.82, 2.24) is 20.2 Å². The number of hydrogen-bond donors (Lipinski definition) is 1. The van der Waals surface area contributed by atoms with Gasteiger partial charge < -0.3 is 10.5 Å². The largest absolute Gasteiger partial charge is 0.397 e. The van der Waals surface area contributed by atoms with E-state index in [1.807, 2.05) is 16.8 Å². The van der Waals surface area contributed by atoms with Crippen molar-refractivity contribution in [2.45, 2.75) is 37.5 Å². The average molecular weight is 292 g/mol. The predicted octanol–water partition coefficient (Wildman–Crippen LogP) is 2.07. The summed E-state index contributed by atoms with van der Waals surface area (Å²) in [5, 5.41) is 12.6. The molecule has 2 fully saturated rings. The van der Waals surface area contributed by atoms with Crippen molar-refractivity contribution in [1.29, 1.82) is 0 Å². The van der Waals surface area contributed by atoms with Crippen molar-refractivity contribution in [2.75, 3.05) is 5.73 Å². The van der Waals surface area contributed by atoms with Gasteiger partial charge in [-0.2, -0.15) is 0 Å². The second-order valence-electron chi connectivity index (χ2n) is 5.33. The third-order valence-corrected chi connectivity index (χ3v) is 4.50. The van der Waals surface area contributed by atoms with Crippen LogP contribution in [-0.2, 0) is 4.74 Å². The predicted molar refractivity (Wildman–Crippen MR) is 74.2 cm³/mol. The Kier molecular flexibility index (Phi) is 2.68. The lowest BCUT2D eigenvalue weighted by atomic mass is 9.95. The van der Waals surface area contributed by atoms with E-state index < -0.39 is 0 Å². The van der Waals surface area contributed by atoms with Crippen LogP contribution in [0.4, 0.5) is 5.69 Å². The van der Waals surface area contributed by atoms with Crippen LogP contribution in [0.2, 0.25) is 5.02 Å². The van der Waals surface area contributed by atoms with Crippen LogP contribution >= 0.6 is 11.6 Å². The number of benzene rings is 1. The van der Waals surface area contributed by atoms with Crippen molar-refractivity contribution in [3.05, 3.63) is 23.2 Å². The summed E-state index contributed by atoms with van der Waals surface area (Å²) in [7, 11) is 0. The van der Waals surface area contributed by atoms with E-state index in [2.05, 4.69) is 15.5 Å². The molecule has 1 aromatic heterocycles. The molecule has 1 aromatic carbocycles. The molecule has 104 valence electrons. The summed E-state index contributed by atoms with van der Waals surface area (Å²) in [4.78, 5) is 0. The Bertz CT molecular complexity index is 658. The van der Waals surface area contributed by atoms with Gasteiger partial charge in [-0.1, -0.05) is 17.7 Å². The normalized spacial score (nSPS) is 28.1. The number of tetrazole rings is 1. The molecule has 0 aliphatic carbocycles. The van der Waals surface area contributed by atoms with Gasteiger partial charge in [-0.05, 0) is 41.8 Å². The Morgan fingerprint density at radius 1 is 1.35 bits per heavy atom. The lowest BCUT2D eigenvalue weighted by Gasteiger charge is -2.20. The summed E-state index contributed by atoms with van der Waals surface area (Å²) < 4.78 is 7.72. The molecule has 2 aliphatic rings. The van der Waals surface area contributed by atoms with E-state index in [4.69, 9.17) is 22.1 Å². The summed E-state index contributed by atoms with van der Waals surface area (Å²) in [6.07, 6.45) is 3.72. The second-order valence-corrected chi connectivity index (χ2v) is 5.73. The zero-order chi connectivity index (χ0) is 13.7. The first kappa shape index (κ1) is 12.1. The molecule has 3 atom stereocenters. The van der Waals surface area contributed by atoms with Crippen LogP contribution in [0.15, 0.2) is 18.2 Å². The topological polar surface area (TPSA) is 78.9 Å². The van der Waals surface area contributed by atoms with Crippen molar-refractivity contribution >= 4 is 17.3 Å². The molecular formula is C13H14ClN5O. The number of anilines is 1. The number of halogens is 1. The number of nitrogen functional groups attached to an aromatic ring is 1. The standard InChI is InChI=1S/C13H14ClN5O/c14-9-3-1-2-8(12(9)15)13-16-17-18-19(13)10-6-7-4-5-11(10)20-7/h1-3,7,10-11H,4-6,15H2. The number of ether oxygens (including phenoxy) is 1. The lowest BCUT2D eigenvalue weighted by molar-refractivity contribution is 0.0922. The minimum absolute atomic E-state index is 0.192. The zero-order valence-electron chi connectivity index (χ0n) is 10.7. The molecule has 2 aromatic rings. The highest BCUT2D eigenvalue weighted by molar-refractivity contribution is 6.33. The van der Waals surface area contributed by atoms with Gasteiger partial charge in [0, 0.05) is 5.56 Å². The Morgan fingerprint density at radius 3 is 3.00 bits per heavy atom. The Balaban J connectivity index is 1.77. The number of hydrogen-bond acceptors (Lipinski definition) is 5. The highest BCUT2D eigenvalue weighted by atomic mass is 35.5. The van der Waals surface area contributed by atoms with Gasteiger partial charge in [-0.15, -0.1) is 5.10 Å². The van der Waals surface area contributed by atoms with E-state index in [1.54, 1.807) is 6.07 Å². The summed E-state index contributed by atoms with van der Waals surface area (Å²) in [6, 6.07) is 5.69. The maximum absolute atomic E-state index is 6.08. The molecule has 2 saturated heterocycles. The molecule has 2 bridgehead atoms. The van der Waals surface area contributed by atoms with Crippen molar-refractivity contribution in [3.8, 4) is 11.4 Å². The van der Waals surface area contributed by atoms with E-state index in [0.29, 0.717) is 22.6 Å².